The standard InChI is InChI=1S/C12H18N4O4/c1-4-16-6-8(13)5-9(16)11(18)20-7(2)10(17)15-12(19)14-3/h5-7H,4,13H2,1-3H3,(H2,14,15,17,19). The van der Waals surface area contributed by atoms with Gasteiger partial charge in [-0.1, -0.05) is 0 Å². The van der Waals surface area contributed by atoms with Crippen LogP contribution in [0.4, 0.5) is 10.5 Å². The number of esters is 1. The van der Waals surface area contributed by atoms with Gasteiger partial charge in [0.1, 0.15) is 5.69 Å². The summed E-state index contributed by atoms with van der Waals surface area (Å²) < 4.78 is 6.60. The van der Waals surface area contributed by atoms with Crippen molar-refractivity contribution in [3.05, 3.63) is 18.0 Å². The Kier molecular flexibility index (Phi) is 5.13. The van der Waals surface area contributed by atoms with Gasteiger partial charge in [0.05, 0.1) is 5.69 Å². The number of hydrogen-bond donors (Lipinski definition) is 3. The zero-order valence-corrected chi connectivity index (χ0v) is 11.6. The first-order valence-corrected chi connectivity index (χ1v) is 6.08. The molecule has 1 atom stereocenters. The van der Waals surface area contributed by atoms with Gasteiger partial charge in [-0.25, -0.2) is 9.59 Å². The fraction of sp³-hybridized carbons (Fsp3) is 0.417. The Bertz CT molecular complexity index is 524. The average Bonchev–Trinajstić information content (AvgIpc) is 2.79. The molecule has 1 unspecified atom stereocenters. The van der Waals surface area contributed by atoms with E-state index in [4.69, 9.17) is 10.5 Å². The van der Waals surface area contributed by atoms with Crippen LogP contribution in [-0.2, 0) is 16.1 Å². The van der Waals surface area contributed by atoms with Crippen LogP contribution in [0.2, 0.25) is 0 Å². The number of imide groups is 1. The Hall–Kier alpha value is -2.51. The molecule has 0 aliphatic rings. The monoisotopic (exact) mass is 282 g/mol. The lowest BCUT2D eigenvalue weighted by molar-refractivity contribution is -0.127. The number of aromatic nitrogens is 1. The van der Waals surface area contributed by atoms with Gasteiger partial charge >= 0.3 is 12.0 Å². The lowest BCUT2D eigenvalue weighted by Crippen LogP contribution is -2.43. The smallest absolute Gasteiger partial charge is 0.355 e. The van der Waals surface area contributed by atoms with E-state index in [2.05, 4.69) is 5.32 Å². The highest BCUT2D eigenvalue weighted by Gasteiger charge is 2.22. The maximum absolute atomic E-state index is 11.9. The zero-order valence-electron chi connectivity index (χ0n) is 11.6. The predicted molar refractivity (Wildman–Crippen MR) is 72.0 cm³/mol. The first-order valence-electron chi connectivity index (χ1n) is 6.08. The third-order valence-electron chi connectivity index (χ3n) is 2.58. The van der Waals surface area contributed by atoms with E-state index in [1.54, 1.807) is 10.8 Å². The number of anilines is 1. The van der Waals surface area contributed by atoms with Crippen LogP contribution < -0.4 is 16.4 Å². The van der Waals surface area contributed by atoms with Crippen molar-refractivity contribution < 1.29 is 19.1 Å². The second kappa shape index (κ2) is 6.60. The van der Waals surface area contributed by atoms with Crippen LogP contribution in [0.15, 0.2) is 12.3 Å². The molecule has 1 heterocycles. The van der Waals surface area contributed by atoms with Crippen LogP contribution >= 0.6 is 0 Å². The average molecular weight is 282 g/mol. The van der Waals surface area contributed by atoms with Crippen molar-refractivity contribution >= 4 is 23.6 Å². The fourth-order valence-electron chi connectivity index (χ4n) is 1.52. The van der Waals surface area contributed by atoms with Gasteiger partial charge in [0.15, 0.2) is 6.10 Å². The van der Waals surface area contributed by atoms with E-state index in [0.717, 1.165) is 0 Å². The third-order valence-corrected chi connectivity index (χ3v) is 2.58. The molecule has 0 aliphatic carbocycles. The number of rotatable bonds is 4. The van der Waals surface area contributed by atoms with Crippen molar-refractivity contribution in [1.29, 1.82) is 0 Å². The molecule has 0 aromatic carbocycles. The van der Waals surface area contributed by atoms with Crippen molar-refractivity contribution in [2.45, 2.75) is 26.5 Å². The Morgan fingerprint density at radius 3 is 2.65 bits per heavy atom. The second-order valence-electron chi connectivity index (χ2n) is 4.06. The topological polar surface area (TPSA) is 115 Å². The largest absolute Gasteiger partial charge is 0.448 e. The first-order chi connectivity index (χ1) is 9.38. The number of aryl methyl sites for hydroxylation is 1. The molecule has 1 aromatic heterocycles. The van der Waals surface area contributed by atoms with Gasteiger partial charge in [-0.05, 0) is 19.9 Å². The van der Waals surface area contributed by atoms with Crippen LogP contribution in [0.3, 0.4) is 0 Å². The van der Waals surface area contributed by atoms with Crippen molar-refractivity contribution in [2.24, 2.45) is 0 Å². The lowest BCUT2D eigenvalue weighted by Gasteiger charge is -2.13. The van der Waals surface area contributed by atoms with Crippen LogP contribution in [0.1, 0.15) is 24.3 Å². The number of carbonyl (C=O) groups excluding carboxylic acids is 3. The number of urea groups is 1. The fourth-order valence-corrected chi connectivity index (χ4v) is 1.52. The quantitative estimate of drug-likeness (QED) is 0.677. The normalized spacial score (nSPS) is 11.6. The minimum Gasteiger partial charge on any atom is -0.448 e. The zero-order chi connectivity index (χ0) is 15.3. The highest BCUT2D eigenvalue weighted by molar-refractivity contribution is 5.98. The number of carbonyl (C=O) groups is 3. The summed E-state index contributed by atoms with van der Waals surface area (Å²) in [5, 5.41) is 4.25. The van der Waals surface area contributed by atoms with Gasteiger partial charge in [0.25, 0.3) is 5.91 Å². The molecule has 8 heteroatoms. The molecule has 8 nitrogen and oxygen atoms in total. The maximum Gasteiger partial charge on any atom is 0.355 e. The Balaban J connectivity index is 2.70. The van der Waals surface area contributed by atoms with Crippen LogP contribution in [0.25, 0.3) is 0 Å². The van der Waals surface area contributed by atoms with Gasteiger partial charge in [0, 0.05) is 19.8 Å². The summed E-state index contributed by atoms with van der Waals surface area (Å²) >= 11 is 0. The van der Waals surface area contributed by atoms with E-state index in [1.165, 1.54) is 20.0 Å². The van der Waals surface area contributed by atoms with Crippen LogP contribution in [-0.4, -0.2) is 35.6 Å². The molecule has 3 amide bonds. The van der Waals surface area contributed by atoms with Crippen molar-refractivity contribution in [3.63, 3.8) is 0 Å². The molecular weight excluding hydrogens is 264 g/mol. The number of nitrogens with zero attached hydrogens (tertiary/aromatic N) is 1. The van der Waals surface area contributed by atoms with Crippen LogP contribution in [0.5, 0.6) is 0 Å². The number of hydrogen-bond acceptors (Lipinski definition) is 5. The molecule has 0 spiro atoms. The molecule has 0 aliphatic heterocycles. The molecule has 1 rings (SSSR count). The molecule has 0 saturated carbocycles. The SMILES string of the molecule is CCn1cc(N)cc1C(=O)OC(C)C(=O)NC(=O)NC. The number of ether oxygens (including phenoxy) is 1. The lowest BCUT2D eigenvalue weighted by atomic mass is 10.3. The highest BCUT2D eigenvalue weighted by atomic mass is 16.5. The van der Waals surface area contributed by atoms with Crippen molar-refractivity contribution in [2.75, 3.05) is 12.8 Å². The predicted octanol–water partition coefficient (Wildman–Crippen LogP) is 0.0911. The minimum absolute atomic E-state index is 0.254. The summed E-state index contributed by atoms with van der Waals surface area (Å²) in [5.41, 5.74) is 6.29. The molecule has 1 aromatic rings. The second-order valence-corrected chi connectivity index (χ2v) is 4.06. The summed E-state index contributed by atoms with van der Waals surface area (Å²) in [6.45, 7) is 3.76. The molecule has 0 fully saturated rings. The van der Waals surface area contributed by atoms with E-state index in [1.807, 2.05) is 12.2 Å². The van der Waals surface area contributed by atoms with E-state index in [0.29, 0.717) is 12.2 Å². The number of nitrogen functional groups attached to an aromatic ring is 1. The number of nitrogens with one attached hydrogen (secondary N) is 2. The van der Waals surface area contributed by atoms with Gasteiger partial charge in [0.2, 0.25) is 0 Å². The third kappa shape index (κ3) is 3.74. The summed E-state index contributed by atoms with van der Waals surface area (Å²) in [6.07, 6.45) is 0.507. The molecule has 110 valence electrons. The van der Waals surface area contributed by atoms with Gasteiger partial charge < -0.3 is 20.4 Å². The highest BCUT2D eigenvalue weighted by Crippen LogP contribution is 2.12. The molecule has 0 saturated heterocycles. The van der Waals surface area contributed by atoms with E-state index >= 15 is 0 Å². The summed E-state index contributed by atoms with van der Waals surface area (Å²) in [4.78, 5) is 34.5. The maximum atomic E-state index is 11.9. The molecule has 4 N–H and O–H groups in total. The van der Waals surface area contributed by atoms with E-state index in [-0.39, 0.29) is 5.69 Å². The van der Waals surface area contributed by atoms with E-state index < -0.39 is 24.0 Å². The Morgan fingerprint density at radius 2 is 2.10 bits per heavy atom. The molecule has 0 radical (unpaired) electrons. The Morgan fingerprint density at radius 1 is 1.45 bits per heavy atom. The summed E-state index contributed by atoms with van der Waals surface area (Å²) in [5.74, 6) is -1.39. The Labute approximate surface area is 116 Å². The molecule has 20 heavy (non-hydrogen) atoms. The number of nitrogens with two attached hydrogens (primary N) is 1. The van der Waals surface area contributed by atoms with Gasteiger partial charge in [-0.2, -0.15) is 0 Å². The van der Waals surface area contributed by atoms with E-state index in [9.17, 15) is 14.4 Å². The summed E-state index contributed by atoms with van der Waals surface area (Å²) in [7, 11) is 1.37. The number of amides is 3. The molecular formula is C12H18N4O4. The van der Waals surface area contributed by atoms with Gasteiger partial charge in [-0.15, -0.1) is 0 Å². The van der Waals surface area contributed by atoms with Crippen LogP contribution in [0, 0.1) is 0 Å². The summed E-state index contributed by atoms with van der Waals surface area (Å²) in [6, 6.07) is 0.800. The van der Waals surface area contributed by atoms with Crippen molar-refractivity contribution in [3.8, 4) is 0 Å². The van der Waals surface area contributed by atoms with Crippen molar-refractivity contribution in [1.82, 2.24) is 15.2 Å². The first kappa shape index (κ1) is 15.5. The van der Waals surface area contributed by atoms with Gasteiger partial charge in [-0.3, -0.25) is 10.1 Å². The molecule has 0 bridgehead atoms. The minimum atomic E-state index is -1.10.